The molecule has 0 spiro atoms. The fourth-order valence-electron chi connectivity index (χ4n) is 2.32. The van der Waals surface area contributed by atoms with E-state index in [9.17, 15) is 0 Å². The van der Waals surface area contributed by atoms with Crippen LogP contribution in [0.2, 0.25) is 0 Å². The van der Waals surface area contributed by atoms with Crippen molar-refractivity contribution in [2.75, 3.05) is 0 Å². The molecule has 0 bridgehead atoms. The fraction of sp³-hybridized carbons (Fsp3) is 0.214. The third-order valence-electron chi connectivity index (χ3n) is 3.27. The first-order valence-electron chi connectivity index (χ1n) is 5.53. The van der Waals surface area contributed by atoms with Crippen LogP contribution in [0, 0.1) is 20.8 Å². The highest BCUT2D eigenvalue weighted by molar-refractivity contribution is 5.96. The van der Waals surface area contributed by atoms with Crippen LogP contribution in [0.4, 0.5) is 0 Å². The van der Waals surface area contributed by atoms with Crippen LogP contribution in [0.5, 0.6) is 0 Å². The maximum atomic E-state index is 4.65. The Morgan fingerprint density at radius 3 is 2.56 bits per heavy atom. The van der Waals surface area contributed by atoms with Crippen molar-refractivity contribution >= 4 is 16.4 Å². The predicted molar refractivity (Wildman–Crippen MR) is 66.9 cm³/mol. The number of aromatic nitrogens is 2. The van der Waals surface area contributed by atoms with E-state index in [0.29, 0.717) is 0 Å². The molecule has 0 aliphatic rings. The molecule has 1 aromatic carbocycles. The molecule has 16 heavy (non-hydrogen) atoms. The number of aryl methyl sites for hydroxylation is 3. The molecule has 3 aromatic rings. The Morgan fingerprint density at radius 2 is 1.75 bits per heavy atom. The molecule has 0 fully saturated rings. The Morgan fingerprint density at radius 1 is 1.00 bits per heavy atom. The van der Waals surface area contributed by atoms with Crippen LogP contribution >= 0.6 is 0 Å². The first-order valence-corrected chi connectivity index (χ1v) is 5.53. The van der Waals surface area contributed by atoms with Crippen LogP contribution in [0.1, 0.15) is 16.8 Å². The second kappa shape index (κ2) is 3.08. The van der Waals surface area contributed by atoms with Gasteiger partial charge >= 0.3 is 0 Å². The zero-order chi connectivity index (χ0) is 11.3. The highest BCUT2D eigenvalue weighted by Gasteiger charge is 2.09. The van der Waals surface area contributed by atoms with E-state index in [1.807, 2.05) is 6.07 Å². The van der Waals surface area contributed by atoms with Gasteiger partial charge in [-0.1, -0.05) is 24.3 Å². The van der Waals surface area contributed by atoms with Crippen molar-refractivity contribution in [3.05, 3.63) is 47.2 Å². The smallest absolute Gasteiger partial charge is 0.0934 e. The number of nitrogens with zero attached hydrogens (tertiary/aromatic N) is 2. The van der Waals surface area contributed by atoms with Gasteiger partial charge in [-0.15, -0.1) is 0 Å². The molecule has 2 heteroatoms. The number of rotatable bonds is 0. The molecule has 0 N–H and O–H groups in total. The van der Waals surface area contributed by atoms with E-state index in [0.717, 1.165) is 5.52 Å². The van der Waals surface area contributed by atoms with Crippen molar-refractivity contribution in [3.8, 4) is 0 Å². The van der Waals surface area contributed by atoms with Crippen LogP contribution in [-0.2, 0) is 0 Å². The molecule has 2 aromatic heterocycles. The van der Waals surface area contributed by atoms with Gasteiger partial charge in [-0.05, 0) is 38.0 Å². The van der Waals surface area contributed by atoms with Crippen molar-refractivity contribution in [1.82, 2.24) is 9.61 Å². The van der Waals surface area contributed by atoms with Gasteiger partial charge in [0, 0.05) is 11.1 Å². The number of pyridine rings is 1. The molecular formula is C14H14N2. The van der Waals surface area contributed by atoms with Gasteiger partial charge in [-0.3, -0.25) is 0 Å². The molecule has 0 amide bonds. The molecule has 2 nitrogen and oxygen atoms in total. The lowest BCUT2D eigenvalue weighted by Gasteiger charge is -2.06. The number of fused-ring (bicyclic) bond motifs is 3. The van der Waals surface area contributed by atoms with E-state index in [1.54, 1.807) is 0 Å². The van der Waals surface area contributed by atoms with E-state index in [1.165, 1.54) is 27.7 Å². The molecule has 2 heterocycles. The highest BCUT2D eigenvalue weighted by Crippen LogP contribution is 2.24. The molecule has 3 rings (SSSR count). The Labute approximate surface area is 94.5 Å². The van der Waals surface area contributed by atoms with E-state index in [4.69, 9.17) is 0 Å². The van der Waals surface area contributed by atoms with Gasteiger partial charge in [-0.2, -0.15) is 5.10 Å². The molecule has 0 radical (unpaired) electrons. The average molecular weight is 210 g/mol. The minimum absolute atomic E-state index is 1.07. The number of benzene rings is 1. The Bertz CT molecular complexity index is 693. The zero-order valence-electron chi connectivity index (χ0n) is 9.78. The lowest BCUT2D eigenvalue weighted by molar-refractivity contribution is 0.912. The molecule has 0 atom stereocenters. The van der Waals surface area contributed by atoms with E-state index in [2.05, 4.69) is 54.7 Å². The van der Waals surface area contributed by atoms with E-state index in [-0.39, 0.29) is 0 Å². The summed E-state index contributed by atoms with van der Waals surface area (Å²) in [5, 5.41) is 5.89. The summed E-state index contributed by atoms with van der Waals surface area (Å²) in [7, 11) is 0. The topological polar surface area (TPSA) is 17.3 Å². The molecule has 0 saturated heterocycles. The summed E-state index contributed by atoms with van der Waals surface area (Å²) in [5.74, 6) is 0. The summed E-state index contributed by atoms with van der Waals surface area (Å²) >= 11 is 0. The minimum atomic E-state index is 1.07. The second-order valence-corrected chi connectivity index (χ2v) is 4.37. The summed E-state index contributed by atoms with van der Waals surface area (Å²) in [5.41, 5.74) is 6.10. The third kappa shape index (κ3) is 1.10. The fourth-order valence-corrected chi connectivity index (χ4v) is 2.32. The lowest BCUT2D eigenvalue weighted by Crippen LogP contribution is -1.97. The SMILES string of the molecule is Cc1cc(C)c2c3ccccc3nn2c1C. The summed E-state index contributed by atoms with van der Waals surface area (Å²) in [6, 6.07) is 10.5. The van der Waals surface area contributed by atoms with Crippen LogP contribution in [0.15, 0.2) is 30.3 Å². The zero-order valence-corrected chi connectivity index (χ0v) is 9.78. The Balaban J connectivity index is 2.64. The monoisotopic (exact) mass is 210 g/mol. The van der Waals surface area contributed by atoms with Crippen molar-refractivity contribution in [3.63, 3.8) is 0 Å². The quantitative estimate of drug-likeness (QED) is 0.555. The minimum Gasteiger partial charge on any atom is -0.236 e. The van der Waals surface area contributed by atoms with Crippen molar-refractivity contribution < 1.29 is 0 Å². The van der Waals surface area contributed by atoms with Gasteiger partial charge in [0.1, 0.15) is 0 Å². The highest BCUT2D eigenvalue weighted by atomic mass is 15.2. The summed E-state index contributed by atoms with van der Waals surface area (Å²) in [6.07, 6.45) is 0. The lowest BCUT2D eigenvalue weighted by atomic mass is 10.1. The van der Waals surface area contributed by atoms with Gasteiger partial charge in [0.2, 0.25) is 0 Å². The predicted octanol–water partition coefficient (Wildman–Crippen LogP) is 3.41. The van der Waals surface area contributed by atoms with Crippen molar-refractivity contribution in [2.45, 2.75) is 20.8 Å². The summed E-state index contributed by atoms with van der Waals surface area (Å²) < 4.78 is 2.06. The molecule has 80 valence electrons. The van der Waals surface area contributed by atoms with Gasteiger partial charge in [0.25, 0.3) is 0 Å². The van der Waals surface area contributed by atoms with Gasteiger partial charge in [0.05, 0.1) is 11.0 Å². The van der Waals surface area contributed by atoms with Gasteiger partial charge < -0.3 is 0 Å². The van der Waals surface area contributed by atoms with Crippen molar-refractivity contribution in [1.29, 1.82) is 0 Å². The van der Waals surface area contributed by atoms with Gasteiger partial charge in [0.15, 0.2) is 0 Å². The average Bonchev–Trinajstić information content (AvgIpc) is 2.65. The van der Waals surface area contributed by atoms with Gasteiger partial charge in [-0.25, -0.2) is 4.52 Å². The van der Waals surface area contributed by atoms with E-state index < -0.39 is 0 Å². The number of hydrogen-bond donors (Lipinski definition) is 0. The largest absolute Gasteiger partial charge is 0.236 e. The van der Waals surface area contributed by atoms with Crippen LogP contribution in [0.25, 0.3) is 16.4 Å². The maximum Gasteiger partial charge on any atom is 0.0934 e. The first-order chi connectivity index (χ1) is 7.68. The Hall–Kier alpha value is -1.83. The third-order valence-corrected chi connectivity index (χ3v) is 3.27. The maximum absolute atomic E-state index is 4.65. The molecule has 0 aliphatic heterocycles. The summed E-state index contributed by atoms with van der Waals surface area (Å²) in [6.45, 7) is 6.40. The molecular weight excluding hydrogens is 196 g/mol. The van der Waals surface area contributed by atoms with Crippen molar-refractivity contribution in [2.24, 2.45) is 0 Å². The Kier molecular flexibility index (Phi) is 1.81. The van der Waals surface area contributed by atoms with Crippen LogP contribution in [-0.4, -0.2) is 9.61 Å². The van der Waals surface area contributed by atoms with Crippen LogP contribution in [0.3, 0.4) is 0 Å². The van der Waals surface area contributed by atoms with E-state index >= 15 is 0 Å². The summed E-state index contributed by atoms with van der Waals surface area (Å²) in [4.78, 5) is 0. The normalized spacial score (nSPS) is 11.4. The first kappa shape index (κ1) is 9.40. The number of hydrogen-bond acceptors (Lipinski definition) is 1. The molecule has 0 aliphatic carbocycles. The molecule has 0 saturated carbocycles. The second-order valence-electron chi connectivity index (χ2n) is 4.37. The molecule has 0 unspecified atom stereocenters. The van der Waals surface area contributed by atoms with Crippen LogP contribution < -0.4 is 0 Å². The standard InChI is InChI=1S/C14H14N2/c1-9-8-10(2)14-12-6-4-5-7-13(12)15-16(14)11(9)3/h4-8H,1-3H3.